The third-order valence-electron chi connectivity index (χ3n) is 9.43. The summed E-state index contributed by atoms with van der Waals surface area (Å²) >= 11 is 1.74. The van der Waals surface area contributed by atoms with Crippen LogP contribution in [0.1, 0.15) is 46.0 Å². The van der Waals surface area contributed by atoms with Gasteiger partial charge in [0.15, 0.2) is 0 Å². The highest BCUT2D eigenvalue weighted by Crippen LogP contribution is 2.68. The number of rotatable bonds is 16. The first kappa shape index (κ1) is 32.0. The van der Waals surface area contributed by atoms with Crippen molar-refractivity contribution in [2.45, 2.75) is 62.0 Å². The molecule has 4 rings (SSSR count). The van der Waals surface area contributed by atoms with Crippen LogP contribution in [0.5, 0.6) is 0 Å². The van der Waals surface area contributed by atoms with Gasteiger partial charge in [0.05, 0.1) is 29.8 Å². The van der Waals surface area contributed by atoms with E-state index in [0.717, 1.165) is 38.9 Å². The molecule has 1 spiro atoms. The molecule has 0 aliphatic carbocycles. The van der Waals surface area contributed by atoms with Crippen molar-refractivity contribution >= 4 is 29.5 Å². The van der Waals surface area contributed by atoms with Crippen LogP contribution in [0.15, 0.2) is 25.3 Å². The Bertz CT molecular complexity index is 959. The third-order valence-corrected chi connectivity index (χ3v) is 11.5. The summed E-state index contributed by atoms with van der Waals surface area (Å²) in [5, 5.41) is 9.35. The van der Waals surface area contributed by atoms with Gasteiger partial charge in [0.1, 0.15) is 6.04 Å². The van der Waals surface area contributed by atoms with Gasteiger partial charge in [-0.25, -0.2) is 0 Å². The molecule has 41 heavy (non-hydrogen) atoms. The molecule has 4 heterocycles. The number of amides is 3. The van der Waals surface area contributed by atoms with E-state index in [1.165, 1.54) is 0 Å². The van der Waals surface area contributed by atoms with Crippen LogP contribution in [0.25, 0.3) is 0 Å². The van der Waals surface area contributed by atoms with Crippen molar-refractivity contribution in [3.8, 4) is 0 Å². The molecule has 3 unspecified atom stereocenters. The number of aliphatic hydroxyl groups is 1. The number of hydrogen-bond acceptors (Lipinski definition) is 7. The van der Waals surface area contributed by atoms with Gasteiger partial charge in [0.25, 0.3) is 0 Å². The first-order valence-electron chi connectivity index (χ1n) is 15.5. The van der Waals surface area contributed by atoms with Crippen LogP contribution < -0.4 is 0 Å². The van der Waals surface area contributed by atoms with Crippen molar-refractivity contribution in [3.05, 3.63) is 25.3 Å². The molecule has 6 atom stereocenters. The highest BCUT2D eigenvalue weighted by atomic mass is 32.2. The number of unbranched alkanes of at least 4 members (excludes halogenated alkanes) is 2. The van der Waals surface area contributed by atoms with Gasteiger partial charge in [-0.05, 0) is 38.0 Å². The van der Waals surface area contributed by atoms with E-state index in [2.05, 4.69) is 31.9 Å². The summed E-state index contributed by atoms with van der Waals surface area (Å²) in [5.74, 6) is -0.839. The number of morpholine rings is 1. The van der Waals surface area contributed by atoms with E-state index in [0.29, 0.717) is 58.8 Å². The minimum Gasteiger partial charge on any atom is -0.396 e. The van der Waals surface area contributed by atoms with E-state index in [1.807, 2.05) is 14.7 Å². The number of thioether (sulfide) groups is 1. The maximum Gasteiger partial charge on any atom is 0.247 e. The van der Waals surface area contributed by atoms with Crippen molar-refractivity contribution in [1.82, 2.24) is 19.6 Å². The van der Waals surface area contributed by atoms with Gasteiger partial charge in [0.2, 0.25) is 17.7 Å². The average Bonchev–Trinajstić information content (AvgIpc) is 3.56. The van der Waals surface area contributed by atoms with Crippen LogP contribution in [0.4, 0.5) is 0 Å². The second-order valence-electron chi connectivity index (χ2n) is 12.0. The molecule has 0 aromatic rings. The van der Waals surface area contributed by atoms with Gasteiger partial charge in [-0.1, -0.05) is 26.0 Å². The van der Waals surface area contributed by atoms with E-state index < -0.39 is 22.6 Å². The molecule has 0 saturated carbocycles. The average molecular weight is 591 g/mol. The fourth-order valence-corrected chi connectivity index (χ4v) is 9.94. The summed E-state index contributed by atoms with van der Waals surface area (Å²) in [6.07, 6.45) is 7.35. The monoisotopic (exact) mass is 590 g/mol. The number of ether oxygens (including phenoxy) is 1. The Morgan fingerprint density at radius 1 is 1.07 bits per heavy atom. The van der Waals surface area contributed by atoms with Crippen molar-refractivity contribution < 1.29 is 24.2 Å². The summed E-state index contributed by atoms with van der Waals surface area (Å²) in [7, 11) is 0. The molecule has 9 nitrogen and oxygen atoms in total. The summed E-state index contributed by atoms with van der Waals surface area (Å²) in [6.45, 7) is 18.5. The number of fused-ring (bicyclic) bond motifs is 1. The van der Waals surface area contributed by atoms with E-state index in [9.17, 15) is 19.5 Å². The van der Waals surface area contributed by atoms with Crippen molar-refractivity contribution in [2.24, 2.45) is 17.8 Å². The zero-order valence-corrected chi connectivity index (χ0v) is 25.9. The molecular weight excluding hydrogens is 540 g/mol. The topological polar surface area (TPSA) is 93.6 Å². The minimum atomic E-state index is -0.624. The normalized spacial score (nSPS) is 30.9. The van der Waals surface area contributed by atoms with Crippen LogP contribution in [0.2, 0.25) is 0 Å². The van der Waals surface area contributed by atoms with Crippen molar-refractivity contribution in [1.29, 1.82) is 0 Å². The zero-order chi connectivity index (χ0) is 29.6. The number of hydrogen-bond donors (Lipinski definition) is 1. The van der Waals surface area contributed by atoms with Crippen LogP contribution in [0, 0.1) is 17.8 Å². The van der Waals surface area contributed by atoms with Crippen LogP contribution in [-0.4, -0.2) is 131 Å². The molecule has 0 radical (unpaired) electrons. The van der Waals surface area contributed by atoms with Crippen molar-refractivity contribution in [3.63, 3.8) is 0 Å². The lowest BCUT2D eigenvalue weighted by molar-refractivity contribution is -0.145. The highest BCUT2D eigenvalue weighted by molar-refractivity contribution is 8.02. The number of aliphatic hydroxyl groups excluding tert-OH is 1. The van der Waals surface area contributed by atoms with Gasteiger partial charge < -0.3 is 24.5 Å². The molecule has 10 heteroatoms. The quantitative estimate of drug-likeness (QED) is 0.218. The Morgan fingerprint density at radius 2 is 1.76 bits per heavy atom. The van der Waals surface area contributed by atoms with E-state index >= 15 is 0 Å². The first-order chi connectivity index (χ1) is 19.8. The van der Waals surface area contributed by atoms with Gasteiger partial charge in [0, 0.05) is 64.2 Å². The van der Waals surface area contributed by atoms with Gasteiger partial charge in [-0.3, -0.25) is 19.3 Å². The largest absolute Gasteiger partial charge is 0.396 e. The smallest absolute Gasteiger partial charge is 0.247 e. The molecule has 4 saturated heterocycles. The summed E-state index contributed by atoms with van der Waals surface area (Å²) in [6, 6.07) is -0.611. The lowest BCUT2D eigenvalue weighted by Gasteiger charge is -2.41. The van der Waals surface area contributed by atoms with Crippen molar-refractivity contribution in [2.75, 3.05) is 72.2 Å². The first-order valence-corrected chi connectivity index (χ1v) is 16.4. The Labute approximate surface area is 250 Å². The standard InChI is InChI=1S/C31H50N4O5S/c1-5-11-33(12-6-2)28(37)25-24-22-23(4)31(41-24)26(25)29(38)35(14-9-8-10-19-36)27(31)30(39)34(13-7-3)16-15-32-17-20-40-21-18-32/h5,7,23-27,36H,1,3,6,8-22H2,2,4H3/t23?,24-,25+,26+,27?,31?/m1/s1. The third kappa shape index (κ3) is 6.26. The molecule has 4 aliphatic heterocycles. The second kappa shape index (κ2) is 14.5. The number of carbonyl (C=O) groups is 3. The molecular formula is C31H50N4O5S. The van der Waals surface area contributed by atoms with Gasteiger partial charge >= 0.3 is 0 Å². The second-order valence-corrected chi connectivity index (χ2v) is 13.5. The molecule has 230 valence electrons. The molecule has 3 amide bonds. The van der Waals surface area contributed by atoms with Gasteiger partial charge in [-0.15, -0.1) is 24.9 Å². The molecule has 0 aromatic heterocycles. The molecule has 2 bridgehead atoms. The van der Waals surface area contributed by atoms with Gasteiger partial charge in [-0.2, -0.15) is 0 Å². The summed E-state index contributed by atoms with van der Waals surface area (Å²) in [5.41, 5.74) is 0. The lowest BCUT2D eigenvalue weighted by atomic mass is 9.65. The van der Waals surface area contributed by atoms with Crippen LogP contribution in [0.3, 0.4) is 0 Å². The number of carbonyl (C=O) groups excluding carboxylic acids is 3. The van der Waals surface area contributed by atoms with Crippen LogP contribution in [-0.2, 0) is 19.1 Å². The lowest BCUT2D eigenvalue weighted by Crippen LogP contribution is -2.58. The summed E-state index contributed by atoms with van der Waals surface area (Å²) in [4.78, 5) is 50.9. The molecule has 1 N–H and O–H groups in total. The van der Waals surface area contributed by atoms with Crippen LogP contribution >= 0.6 is 11.8 Å². The fourth-order valence-electron chi connectivity index (χ4n) is 7.53. The maximum absolute atomic E-state index is 14.6. The number of nitrogens with zero attached hydrogens (tertiary/aromatic N) is 4. The Hall–Kier alpha value is -1.88. The maximum atomic E-state index is 14.6. The van der Waals surface area contributed by atoms with E-state index in [1.54, 1.807) is 23.9 Å². The Morgan fingerprint density at radius 3 is 2.39 bits per heavy atom. The Kier molecular flexibility index (Phi) is 11.4. The summed E-state index contributed by atoms with van der Waals surface area (Å²) < 4.78 is 4.87. The molecule has 0 aromatic carbocycles. The predicted octanol–water partition coefficient (Wildman–Crippen LogP) is 2.26. The Balaban J connectivity index is 1.66. The SMILES string of the molecule is C=CCN(CCN1CCOCC1)C(=O)C1N(CCCCCO)C(=O)[C@@H]2[C@@H](C(=O)N(CC=C)CCC)[C@H]3CC(C)C12S3. The fraction of sp³-hybridized carbons (Fsp3) is 0.774. The zero-order valence-electron chi connectivity index (χ0n) is 25.0. The van der Waals surface area contributed by atoms with E-state index in [-0.39, 0.29) is 35.5 Å². The minimum absolute atomic E-state index is 0.0271. The van der Waals surface area contributed by atoms with E-state index in [4.69, 9.17) is 4.74 Å². The predicted molar refractivity (Wildman–Crippen MR) is 162 cm³/mol. The molecule has 4 aliphatic rings. The number of likely N-dealkylation sites (tertiary alicyclic amines) is 1. The highest BCUT2D eigenvalue weighted by Gasteiger charge is 2.76. The molecule has 4 fully saturated rings.